The van der Waals surface area contributed by atoms with E-state index >= 15 is 0 Å². The number of benzene rings is 2. The zero-order valence-electron chi connectivity index (χ0n) is 10.8. The van der Waals surface area contributed by atoms with Gasteiger partial charge < -0.3 is 11.1 Å². The third-order valence-corrected chi connectivity index (χ3v) is 3.16. The van der Waals surface area contributed by atoms with E-state index in [-0.39, 0.29) is 5.82 Å². The molecule has 20 heavy (non-hydrogen) atoms. The predicted octanol–water partition coefficient (Wildman–Crippen LogP) is 3.57. The van der Waals surface area contributed by atoms with Gasteiger partial charge in [-0.15, -0.1) is 0 Å². The maximum atomic E-state index is 12.9. The van der Waals surface area contributed by atoms with Gasteiger partial charge in [-0.2, -0.15) is 0 Å². The Morgan fingerprint density at radius 3 is 2.65 bits per heavy atom. The van der Waals surface area contributed by atoms with Crippen LogP contribution >= 0.6 is 0 Å². The Bertz CT molecular complexity index is 738. The van der Waals surface area contributed by atoms with Crippen molar-refractivity contribution < 1.29 is 4.39 Å². The Morgan fingerprint density at radius 1 is 1.05 bits per heavy atom. The van der Waals surface area contributed by atoms with Crippen molar-refractivity contribution in [3.63, 3.8) is 0 Å². The molecule has 4 heteroatoms. The number of halogens is 1. The predicted molar refractivity (Wildman–Crippen MR) is 79.9 cm³/mol. The number of aromatic nitrogens is 1. The van der Waals surface area contributed by atoms with Crippen molar-refractivity contribution in [2.75, 3.05) is 11.1 Å². The van der Waals surface area contributed by atoms with Crippen LogP contribution in [0.15, 0.2) is 54.7 Å². The summed E-state index contributed by atoms with van der Waals surface area (Å²) in [7, 11) is 0. The second-order valence-electron chi connectivity index (χ2n) is 4.62. The van der Waals surface area contributed by atoms with E-state index < -0.39 is 0 Å². The van der Waals surface area contributed by atoms with Crippen LogP contribution in [0.25, 0.3) is 10.9 Å². The monoisotopic (exact) mass is 267 g/mol. The molecule has 0 spiro atoms. The molecule has 0 saturated heterocycles. The molecule has 1 heterocycles. The summed E-state index contributed by atoms with van der Waals surface area (Å²) >= 11 is 0. The highest BCUT2D eigenvalue weighted by atomic mass is 19.1. The molecule has 0 fully saturated rings. The highest BCUT2D eigenvalue weighted by Gasteiger charge is 2.02. The molecule has 0 amide bonds. The van der Waals surface area contributed by atoms with E-state index in [0.717, 1.165) is 22.2 Å². The van der Waals surface area contributed by atoms with E-state index in [9.17, 15) is 4.39 Å². The first kappa shape index (κ1) is 12.4. The van der Waals surface area contributed by atoms with Crippen molar-refractivity contribution in [3.8, 4) is 0 Å². The van der Waals surface area contributed by atoms with E-state index in [1.165, 1.54) is 12.1 Å². The van der Waals surface area contributed by atoms with Crippen molar-refractivity contribution in [1.82, 2.24) is 4.98 Å². The van der Waals surface area contributed by atoms with Gasteiger partial charge in [-0.1, -0.05) is 12.1 Å². The maximum absolute atomic E-state index is 12.9. The fourth-order valence-electron chi connectivity index (χ4n) is 2.12. The maximum Gasteiger partial charge on any atom is 0.123 e. The molecule has 0 aliphatic heterocycles. The smallest absolute Gasteiger partial charge is 0.123 e. The minimum atomic E-state index is -0.224. The van der Waals surface area contributed by atoms with E-state index in [2.05, 4.69) is 10.3 Å². The molecule has 0 radical (unpaired) electrons. The topological polar surface area (TPSA) is 50.9 Å². The lowest BCUT2D eigenvalue weighted by molar-refractivity contribution is 0.627. The zero-order valence-corrected chi connectivity index (χ0v) is 10.8. The van der Waals surface area contributed by atoms with Gasteiger partial charge in [-0.3, -0.25) is 4.98 Å². The van der Waals surface area contributed by atoms with Crippen LogP contribution in [0.3, 0.4) is 0 Å². The molecule has 0 bridgehead atoms. The van der Waals surface area contributed by atoms with Crippen LogP contribution in [-0.4, -0.2) is 4.98 Å². The number of hydrogen-bond donors (Lipinski definition) is 2. The molecule has 3 rings (SSSR count). The number of hydrogen-bond acceptors (Lipinski definition) is 3. The Labute approximate surface area is 116 Å². The number of nitrogens with one attached hydrogen (secondary N) is 1. The van der Waals surface area contributed by atoms with Crippen molar-refractivity contribution in [3.05, 3.63) is 66.1 Å². The number of pyridine rings is 1. The molecular weight excluding hydrogens is 253 g/mol. The summed E-state index contributed by atoms with van der Waals surface area (Å²) in [6.07, 6.45) is 1.74. The number of nitrogen functional groups attached to an aromatic ring is 1. The van der Waals surface area contributed by atoms with Gasteiger partial charge in [0.1, 0.15) is 5.82 Å². The Hall–Kier alpha value is -2.62. The van der Waals surface area contributed by atoms with Crippen LogP contribution in [-0.2, 0) is 6.54 Å². The highest BCUT2D eigenvalue weighted by Crippen LogP contribution is 2.23. The van der Waals surface area contributed by atoms with Gasteiger partial charge in [-0.25, -0.2) is 4.39 Å². The third kappa shape index (κ3) is 2.54. The molecule has 100 valence electrons. The van der Waals surface area contributed by atoms with Crippen molar-refractivity contribution in [2.45, 2.75) is 6.54 Å². The zero-order chi connectivity index (χ0) is 13.9. The van der Waals surface area contributed by atoms with Crippen LogP contribution in [0, 0.1) is 5.82 Å². The van der Waals surface area contributed by atoms with Crippen LogP contribution in [0.2, 0.25) is 0 Å². The van der Waals surface area contributed by atoms with Crippen LogP contribution < -0.4 is 11.1 Å². The van der Waals surface area contributed by atoms with E-state index in [4.69, 9.17) is 5.73 Å². The first-order chi connectivity index (χ1) is 9.72. The summed E-state index contributed by atoms with van der Waals surface area (Å²) in [5.41, 5.74) is 9.31. The Morgan fingerprint density at radius 2 is 1.85 bits per heavy atom. The second-order valence-corrected chi connectivity index (χ2v) is 4.62. The molecule has 3 N–H and O–H groups in total. The second kappa shape index (κ2) is 5.17. The molecule has 0 saturated carbocycles. The number of rotatable bonds is 3. The van der Waals surface area contributed by atoms with Gasteiger partial charge in [0.15, 0.2) is 0 Å². The van der Waals surface area contributed by atoms with Gasteiger partial charge in [0, 0.05) is 29.5 Å². The molecule has 2 aromatic carbocycles. The molecule has 0 unspecified atom stereocenters. The molecular formula is C16H14FN3. The average Bonchev–Trinajstić information content (AvgIpc) is 2.46. The molecule has 3 nitrogen and oxygen atoms in total. The van der Waals surface area contributed by atoms with Crippen LogP contribution in [0.1, 0.15) is 5.56 Å². The van der Waals surface area contributed by atoms with Crippen LogP contribution in [0.4, 0.5) is 15.8 Å². The van der Waals surface area contributed by atoms with Crippen molar-refractivity contribution in [2.24, 2.45) is 0 Å². The SMILES string of the molecule is Nc1ccc2c(NCc3ccc(F)cc3)ccnc2c1. The standard InChI is InChI=1S/C16H14FN3/c17-12-3-1-11(2-4-12)10-20-15-7-8-19-16-9-13(18)5-6-14(15)16/h1-9H,10,18H2,(H,19,20). The lowest BCUT2D eigenvalue weighted by Gasteiger charge is -2.10. The summed E-state index contributed by atoms with van der Waals surface area (Å²) in [4.78, 5) is 4.30. The quantitative estimate of drug-likeness (QED) is 0.713. The number of anilines is 2. The number of fused-ring (bicyclic) bond motifs is 1. The first-order valence-electron chi connectivity index (χ1n) is 6.35. The van der Waals surface area contributed by atoms with E-state index in [1.807, 2.05) is 24.3 Å². The molecule has 3 aromatic rings. The molecule has 0 aliphatic rings. The fraction of sp³-hybridized carbons (Fsp3) is 0.0625. The minimum absolute atomic E-state index is 0.224. The van der Waals surface area contributed by atoms with Gasteiger partial charge >= 0.3 is 0 Å². The fourth-order valence-corrected chi connectivity index (χ4v) is 2.12. The van der Waals surface area contributed by atoms with Crippen molar-refractivity contribution in [1.29, 1.82) is 0 Å². The summed E-state index contributed by atoms with van der Waals surface area (Å²) < 4.78 is 12.9. The summed E-state index contributed by atoms with van der Waals surface area (Å²) in [6.45, 7) is 0.629. The first-order valence-corrected chi connectivity index (χ1v) is 6.35. The van der Waals surface area contributed by atoms with E-state index in [0.29, 0.717) is 12.2 Å². The van der Waals surface area contributed by atoms with Gasteiger partial charge in [0.25, 0.3) is 0 Å². The Balaban J connectivity index is 1.85. The molecule has 0 aliphatic carbocycles. The third-order valence-electron chi connectivity index (χ3n) is 3.16. The lowest BCUT2D eigenvalue weighted by Crippen LogP contribution is -2.00. The van der Waals surface area contributed by atoms with Gasteiger partial charge in [0.05, 0.1) is 5.52 Å². The van der Waals surface area contributed by atoms with Crippen LogP contribution in [0.5, 0.6) is 0 Å². The lowest BCUT2D eigenvalue weighted by atomic mass is 10.1. The summed E-state index contributed by atoms with van der Waals surface area (Å²) in [5.74, 6) is -0.224. The van der Waals surface area contributed by atoms with Gasteiger partial charge in [-0.05, 0) is 42.0 Å². The number of nitrogens with zero attached hydrogens (tertiary/aromatic N) is 1. The van der Waals surface area contributed by atoms with E-state index in [1.54, 1.807) is 18.3 Å². The Kier molecular flexibility index (Phi) is 3.21. The highest BCUT2D eigenvalue weighted by molar-refractivity contribution is 5.92. The largest absolute Gasteiger partial charge is 0.399 e. The average molecular weight is 267 g/mol. The minimum Gasteiger partial charge on any atom is -0.399 e. The normalized spacial score (nSPS) is 10.7. The molecule has 1 aromatic heterocycles. The van der Waals surface area contributed by atoms with Crippen molar-refractivity contribution >= 4 is 22.3 Å². The molecule has 0 atom stereocenters. The summed E-state index contributed by atoms with van der Waals surface area (Å²) in [6, 6.07) is 14.0. The van der Waals surface area contributed by atoms with Gasteiger partial charge in [0.2, 0.25) is 0 Å². The summed E-state index contributed by atoms with van der Waals surface area (Å²) in [5, 5.41) is 4.36. The number of nitrogens with two attached hydrogens (primary N) is 1.